The molecule has 0 saturated carbocycles. The number of rotatable bonds is 4. The molecule has 2 nitrogen and oxygen atoms in total. The van der Waals surface area contributed by atoms with Gasteiger partial charge in [0.05, 0.1) is 6.04 Å². The van der Waals surface area contributed by atoms with E-state index < -0.39 is 6.04 Å². The number of thioether (sulfide) groups is 1. The van der Waals surface area contributed by atoms with Crippen LogP contribution in [0.15, 0.2) is 0 Å². The lowest BCUT2D eigenvalue weighted by Crippen LogP contribution is -2.31. The van der Waals surface area contributed by atoms with Crippen molar-refractivity contribution in [3.8, 4) is 0 Å². The Balaban J connectivity index is 3.44. The maximum atomic E-state index is 9.96. The van der Waals surface area contributed by atoms with Gasteiger partial charge in [0.2, 0.25) is 6.29 Å². The first-order valence-electron chi connectivity index (χ1n) is 2.97. The molecule has 0 rings (SSSR count). The molecule has 3 heteroatoms. The summed E-state index contributed by atoms with van der Waals surface area (Å²) in [6.45, 7) is 3.97. The largest absolute Gasteiger partial charge is 0.320 e. The van der Waals surface area contributed by atoms with E-state index in [2.05, 4.69) is 0 Å². The summed E-state index contributed by atoms with van der Waals surface area (Å²) in [5.74, 6) is 0.997. The third-order valence-corrected chi connectivity index (χ3v) is 2.22. The van der Waals surface area contributed by atoms with E-state index in [1.54, 1.807) is 18.0 Å². The van der Waals surface area contributed by atoms with E-state index in [9.17, 15) is 4.79 Å². The number of nitrogens with two attached hydrogens (primary N) is 1. The van der Waals surface area contributed by atoms with Crippen molar-refractivity contribution in [3.05, 3.63) is 0 Å². The Kier molecular flexibility index (Phi) is 4.81. The Morgan fingerprint density at radius 1 is 1.78 bits per heavy atom. The van der Waals surface area contributed by atoms with E-state index in [0.29, 0.717) is 0 Å². The highest BCUT2D eigenvalue weighted by Crippen LogP contribution is 2.10. The van der Waals surface area contributed by atoms with Gasteiger partial charge in [-0.1, -0.05) is 13.8 Å². The van der Waals surface area contributed by atoms with Gasteiger partial charge in [0.1, 0.15) is 0 Å². The van der Waals surface area contributed by atoms with E-state index >= 15 is 0 Å². The smallest absolute Gasteiger partial charge is 0.217 e. The first kappa shape index (κ1) is 8.98. The number of hydrogen-bond acceptors (Lipinski definition) is 3. The Morgan fingerprint density at radius 3 is 2.67 bits per heavy atom. The van der Waals surface area contributed by atoms with Crippen LogP contribution in [0.5, 0.6) is 0 Å². The quantitative estimate of drug-likeness (QED) is 0.630. The molecule has 0 aromatic carbocycles. The summed E-state index contributed by atoms with van der Waals surface area (Å²) in [5.41, 5.74) is 5.36. The van der Waals surface area contributed by atoms with Gasteiger partial charge in [0.25, 0.3) is 0 Å². The van der Waals surface area contributed by atoms with Crippen molar-refractivity contribution in [2.75, 3.05) is 5.75 Å². The molecule has 0 aromatic heterocycles. The summed E-state index contributed by atoms with van der Waals surface area (Å²) in [6.07, 6.45) is 1.76. The van der Waals surface area contributed by atoms with Gasteiger partial charge < -0.3 is 5.73 Å². The maximum Gasteiger partial charge on any atom is 0.217 e. The van der Waals surface area contributed by atoms with Crippen LogP contribution in [-0.2, 0) is 4.79 Å². The molecule has 0 fully saturated rings. The molecule has 0 aliphatic carbocycles. The molecular formula is C6H12NOS. The molecule has 0 bridgehead atoms. The molecule has 0 saturated heterocycles. The number of carbonyl (C=O) groups excluding carboxylic acids is 1. The molecule has 2 N–H and O–H groups in total. The predicted octanol–water partition coefficient (Wildman–Crippen LogP) is 0.565. The minimum atomic E-state index is -0.421. The summed E-state index contributed by atoms with van der Waals surface area (Å²) >= 11 is 1.68. The zero-order chi connectivity index (χ0) is 7.28. The Bertz CT molecular complexity index is 87.1. The van der Waals surface area contributed by atoms with Crippen LogP contribution in [0.1, 0.15) is 13.8 Å². The van der Waals surface area contributed by atoms with Gasteiger partial charge in [-0.15, -0.1) is 0 Å². The monoisotopic (exact) mass is 146 g/mol. The Hall–Kier alpha value is -0.0200. The molecule has 9 heavy (non-hydrogen) atoms. The summed E-state index contributed by atoms with van der Waals surface area (Å²) in [4.78, 5) is 9.96. The minimum absolute atomic E-state index is 0.201. The van der Waals surface area contributed by atoms with Gasteiger partial charge in [0.15, 0.2) is 0 Å². The maximum absolute atomic E-state index is 9.96. The first-order chi connectivity index (χ1) is 4.22. The van der Waals surface area contributed by atoms with Gasteiger partial charge in [-0.05, 0) is 5.75 Å². The standard InChI is InChI=1S/C6H12NOS/c1-3-9-5(2)6(7)4-8/h5-6H,3,7H2,1-2H3/t5?,6-/m1/s1. The highest BCUT2D eigenvalue weighted by Gasteiger charge is 2.10. The summed E-state index contributed by atoms with van der Waals surface area (Å²) in [5, 5.41) is 0.201. The van der Waals surface area contributed by atoms with E-state index in [4.69, 9.17) is 5.73 Å². The van der Waals surface area contributed by atoms with Crippen LogP contribution in [0.25, 0.3) is 0 Å². The Morgan fingerprint density at radius 2 is 2.33 bits per heavy atom. The third-order valence-electron chi connectivity index (χ3n) is 1.07. The zero-order valence-corrected chi connectivity index (χ0v) is 6.57. The van der Waals surface area contributed by atoms with E-state index in [1.807, 2.05) is 13.8 Å². The SMILES string of the molecule is CCSC(C)[C@H](N)[C]=O. The summed E-state index contributed by atoms with van der Waals surface area (Å²) < 4.78 is 0. The molecule has 0 amide bonds. The fraction of sp³-hybridized carbons (Fsp3) is 0.833. The second-order valence-electron chi connectivity index (χ2n) is 1.80. The zero-order valence-electron chi connectivity index (χ0n) is 5.76. The lowest BCUT2D eigenvalue weighted by Gasteiger charge is -2.10. The van der Waals surface area contributed by atoms with Crippen LogP contribution >= 0.6 is 11.8 Å². The predicted molar refractivity (Wildman–Crippen MR) is 41.3 cm³/mol. The van der Waals surface area contributed by atoms with Crippen LogP contribution in [0.4, 0.5) is 0 Å². The van der Waals surface area contributed by atoms with Gasteiger partial charge in [0, 0.05) is 5.25 Å². The summed E-state index contributed by atoms with van der Waals surface area (Å²) in [6, 6.07) is -0.421. The lowest BCUT2D eigenvalue weighted by atomic mass is 10.3. The molecule has 0 spiro atoms. The molecular weight excluding hydrogens is 134 g/mol. The van der Waals surface area contributed by atoms with Crippen molar-refractivity contribution in [3.63, 3.8) is 0 Å². The lowest BCUT2D eigenvalue weighted by molar-refractivity contribution is 0.540. The van der Waals surface area contributed by atoms with E-state index in [-0.39, 0.29) is 5.25 Å². The molecule has 0 aliphatic rings. The minimum Gasteiger partial charge on any atom is -0.320 e. The fourth-order valence-electron chi connectivity index (χ4n) is 0.462. The first-order valence-corrected chi connectivity index (χ1v) is 4.02. The van der Waals surface area contributed by atoms with Crippen molar-refractivity contribution in [2.24, 2.45) is 5.73 Å². The summed E-state index contributed by atoms with van der Waals surface area (Å²) in [7, 11) is 0. The molecule has 0 aromatic rings. The van der Waals surface area contributed by atoms with Crippen LogP contribution in [-0.4, -0.2) is 23.3 Å². The Labute approximate surface area is 60.2 Å². The molecule has 2 atom stereocenters. The van der Waals surface area contributed by atoms with E-state index in [0.717, 1.165) is 5.75 Å². The van der Waals surface area contributed by atoms with Gasteiger partial charge in [-0.3, -0.25) is 4.79 Å². The van der Waals surface area contributed by atoms with Crippen molar-refractivity contribution in [1.29, 1.82) is 0 Å². The van der Waals surface area contributed by atoms with Crippen molar-refractivity contribution in [2.45, 2.75) is 25.1 Å². The fourth-order valence-corrected chi connectivity index (χ4v) is 1.25. The van der Waals surface area contributed by atoms with Gasteiger partial charge in [-0.2, -0.15) is 11.8 Å². The topological polar surface area (TPSA) is 43.1 Å². The second-order valence-corrected chi connectivity index (χ2v) is 3.46. The average molecular weight is 146 g/mol. The van der Waals surface area contributed by atoms with Crippen molar-refractivity contribution < 1.29 is 4.79 Å². The third kappa shape index (κ3) is 3.54. The molecule has 1 unspecified atom stereocenters. The van der Waals surface area contributed by atoms with Crippen LogP contribution in [0.3, 0.4) is 0 Å². The van der Waals surface area contributed by atoms with Crippen LogP contribution in [0.2, 0.25) is 0 Å². The molecule has 1 radical (unpaired) electrons. The normalized spacial score (nSPS) is 16.8. The highest BCUT2D eigenvalue weighted by molar-refractivity contribution is 7.99. The van der Waals surface area contributed by atoms with Gasteiger partial charge >= 0.3 is 0 Å². The number of hydrogen-bond donors (Lipinski definition) is 1. The molecule has 53 valence electrons. The van der Waals surface area contributed by atoms with Crippen molar-refractivity contribution in [1.82, 2.24) is 0 Å². The highest BCUT2D eigenvalue weighted by atomic mass is 32.2. The van der Waals surface area contributed by atoms with Crippen molar-refractivity contribution >= 4 is 18.0 Å². The molecule has 0 aliphatic heterocycles. The van der Waals surface area contributed by atoms with Crippen LogP contribution < -0.4 is 5.73 Å². The van der Waals surface area contributed by atoms with Crippen LogP contribution in [0, 0.1) is 0 Å². The second kappa shape index (κ2) is 4.82. The van der Waals surface area contributed by atoms with Gasteiger partial charge in [-0.25, -0.2) is 0 Å². The molecule has 0 heterocycles. The average Bonchev–Trinajstić information content (AvgIpc) is 1.87. The van der Waals surface area contributed by atoms with E-state index in [1.165, 1.54) is 0 Å².